The molecule has 0 bridgehead atoms. The topological polar surface area (TPSA) is 149 Å². The van der Waals surface area contributed by atoms with Crippen LogP contribution >= 0.6 is 0 Å². The summed E-state index contributed by atoms with van der Waals surface area (Å²) in [7, 11) is 0. The number of carbonyl (C=O) groups is 1. The van der Waals surface area contributed by atoms with E-state index in [4.69, 9.17) is 9.47 Å². The van der Waals surface area contributed by atoms with E-state index in [-0.39, 0.29) is 12.5 Å². The second kappa shape index (κ2) is 52.5. The van der Waals surface area contributed by atoms with Crippen molar-refractivity contribution in [2.75, 3.05) is 13.2 Å². The molecule has 1 amide bonds. The third kappa shape index (κ3) is 42.0. The summed E-state index contributed by atoms with van der Waals surface area (Å²) < 4.78 is 11.2. The lowest BCUT2D eigenvalue weighted by molar-refractivity contribution is -0.302. The number of carbonyl (C=O) groups excluding carboxylic acids is 1. The van der Waals surface area contributed by atoms with Gasteiger partial charge in [-0.25, -0.2) is 0 Å². The van der Waals surface area contributed by atoms with E-state index >= 15 is 0 Å². The van der Waals surface area contributed by atoms with Gasteiger partial charge in [0, 0.05) is 6.42 Å². The summed E-state index contributed by atoms with van der Waals surface area (Å²) in [5.41, 5.74) is 0. The van der Waals surface area contributed by atoms with E-state index in [2.05, 4.69) is 104 Å². The third-order valence-corrected chi connectivity index (χ3v) is 13.7. The SMILES string of the molecule is CC/C=C\C/C=C\C/C=C\C/C=C\C/C=C\C/C=C\C/C=C\CCCCCCCCCCCCCCCCCCCCCC(=O)NC(COC1OC(CO)C(O)C(O)C1O)C(O)/C=C/CCCCCCCCC. The molecule has 1 heterocycles. The van der Waals surface area contributed by atoms with Crippen molar-refractivity contribution in [3.63, 3.8) is 0 Å². The van der Waals surface area contributed by atoms with E-state index in [1.54, 1.807) is 6.08 Å². The molecule has 0 saturated carbocycles. The number of amides is 1. The van der Waals surface area contributed by atoms with Crippen LogP contribution in [0.1, 0.15) is 245 Å². The van der Waals surface area contributed by atoms with Gasteiger partial charge in [-0.15, -0.1) is 0 Å². The molecule has 0 aromatic carbocycles. The van der Waals surface area contributed by atoms with Crippen molar-refractivity contribution >= 4 is 5.91 Å². The minimum atomic E-state index is -1.57. The summed E-state index contributed by atoms with van der Waals surface area (Å²) in [5, 5.41) is 54.2. The minimum Gasteiger partial charge on any atom is -0.394 e. The summed E-state index contributed by atoms with van der Waals surface area (Å²) in [5.74, 6) is -0.180. The maximum atomic E-state index is 13.0. The smallest absolute Gasteiger partial charge is 0.220 e. The largest absolute Gasteiger partial charge is 0.394 e. The van der Waals surface area contributed by atoms with Crippen LogP contribution in [0.2, 0.25) is 0 Å². The first kappa shape index (κ1) is 68.1. The number of nitrogens with one attached hydrogen (secondary N) is 1. The number of hydrogen-bond acceptors (Lipinski definition) is 8. The van der Waals surface area contributed by atoms with E-state index in [0.717, 1.165) is 83.5 Å². The van der Waals surface area contributed by atoms with Crippen LogP contribution in [0.25, 0.3) is 0 Å². The molecule has 7 unspecified atom stereocenters. The number of ether oxygens (including phenoxy) is 2. The zero-order valence-electron chi connectivity index (χ0n) is 46.6. The molecule has 1 aliphatic rings. The van der Waals surface area contributed by atoms with Crippen LogP contribution < -0.4 is 5.32 Å². The van der Waals surface area contributed by atoms with Gasteiger partial charge in [0.25, 0.3) is 0 Å². The number of allylic oxidation sites excluding steroid dienone is 15. The van der Waals surface area contributed by atoms with Crippen LogP contribution in [0.5, 0.6) is 0 Å². The molecule has 9 heteroatoms. The van der Waals surface area contributed by atoms with Crippen LogP contribution in [0.3, 0.4) is 0 Å². The van der Waals surface area contributed by atoms with Gasteiger partial charge in [0.05, 0.1) is 25.4 Å². The average molecular weight is 1020 g/mol. The van der Waals surface area contributed by atoms with Gasteiger partial charge in [-0.3, -0.25) is 4.79 Å². The lowest BCUT2D eigenvalue weighted by Gasteiger charge is -2.40. The predicted octanol–water partition coefficient (Wildman–Crippen LogP) is 15.2. The summed E-state index contributed by atoms with van der Waals surface area (Å²) in [6.45, 7) is 3.62. The highest BCUT2D eigenvalue weighted by atomic mass is 16.7. The van der Waals surface area contributed by atoms with Gasteiger partial charge in [0.2, 0.25) is 5.91 Å². The van der Waals surface area contributed by atoms with E-state index in [1.165, 1.54) is 141 Å². The molecule has 0 aromatic rings. The fraction of sp³-hybridized carbons (Fsp3) is 0.734. The fourth-order valence-corrected chi connectivity index (χ4v) is 8.96. The first-order valence-electron chi connectivity index (χ1n) is 30.0. The summed E-state index contributed by atoms with van der Waals surface area (Å²) in [6.07, 6.45) is 69.4. The van der Waals surface area contributed by atoms with Crippen LogP contribution in [0, 0.1) is 0 Å². The molecule has 73 heavy (non-hydrogen) atoms. The van der Waals surface area contributed by atoms with Crippen molar-refractivity contribution in [2.24, 2.45) is 0 Å². The Labute approximate surface area is 447 Å². The van der Waals surface area contributed by atoms with Gasteiger partial charge in [-0.2, -0.15) is 0 Å². The summed E-state index contributed by atoms with van der Waals surface area (Å²) in [6, 6.07) is -0.805. The number of aliphatic hydroxyl groups is 5. The Morgan fingerprint density at radius 3 is 1.26 bits per heavy atom. The molecule has 1 saturated heterocycles. The standard InChI is InChI=1S/C64H111NO8/c1-3-5-7-9-11-13-14-15-16-17-18-19-20-21-22-23-24-25-26-27-28-29-30-31-32-33-34-35-36-37-38-39-40-41-42-43-44-46-48-50-52-54-60(68)65-57(58(67)53-51-49-47-45-12-10-8-6-4-2)56-72-64-63(71)62(70)61(69)59(55-66)73-64/h5,7,11,13,15-16,18-19,21-22,24-25,27-28,51,53,57-59,61-64,66-67,69-71H,3-4,6,8-10,12,14,17,20,23,26,29-50,52,54-56H2,1-2H3,(H,65,68)/b7-5-,13-11-,16-15-,19-18-,22-21-,25-24-,28-27-,53-51+. The number of rotatable bonds is 50. The van der Waals surface area contributed by atoms with Gasteiger partial charge in [-0.05, 0) is 77.0 Å². The molecule has 0 aliphatic carbocycles. The normalized spacial score (nSPS) is 19.8. The Kier molecular flexibility index (Phi) is 49.0. The lowest BCUT2D eigenvalue weighted by atomic mass is 9.99. The third-order valence-electron chi connectivity index (χ3n) is 13.7. The zero-order chi connectivity index (χ0) is 52.9. The Balaban J connectivity index is 2.02. The Morgan fingerprint density at radius 1 is 0.479 bits per heavy atom. The van der Waals surface area contributed by atoms with E-state index in [1.807, 2.05) is 6.08 Å². The molecule has 1 aliphatic heterocycles. The Bertz CT molecular complexity index is 1460. The van der Waals surface area contributed by atoms with Crippen LogP contribution in [-0.4, -0.2) is 87.5 Å². The van der Waals surface area contributed by atoms with Crippen molar-refractivity contribution in [1.82, 2.24) is 5.32 Å². The van der Waals surface area contributed by atoms with E-state index in [9.17, 15) is 30.3 Å². The Morgan fingerprint density at radius 2 is 0.849 bits per heavy atom. The molecule has 420 valence electrons. The van der Waals surface area contributed by atoms with E-state index < -0.39 is 49.5 Å². The lowest BCUT2D eigenvalue weighted by Crippen LogP contribution is -2.60. The van der Waals surface area contributed by atoms with Gasteiger partial charge < -0.3 is 40.3 Å². The highest BCUT2D eigenvalue weighted by molar-refractivity contribution is 5.76. The second-order valence-corrected chi connectivity index (χ2v) is 20.4. The predicted molar refractivity (Wildman–Crippen MR) is 308 cm³/mol. The number of aliphatic hydroxyl groups excluding tert-OH is 5. The van der Waals surface area contributed by atoms with Crippen molar-refractivity contribution in [3.8, 4) is 0 Å². The first-order valence-corrected chi connectivity index (χ1v) is 30.0. The molecule has 0 radical (unpaired) electrons. The minimum absolute atomic E-state index is 0.180. The molecule has 0 aromatic heterocycles. The highest BCUT2D eigenvalue weighted by Gasteiger charge is 2.44. The summed E-state index contributed by atoms with van der Waals surface area (Å²) >= 11 is 0. The monoisotopic (exact) mass is 1020 g/mol. The zero-order valence-corrected chi connectivity index (χ0v) is 46.6. The van der Waals surface area contributed by atoms with Gasteiger partial charge >= 0.3 is 0 Å². The van der Waals surface area contributed by atoms with Gasteiger partial charge in [0.15, 0.2) is 6.29 Å². The van der Waals surface area contributed by atoms with Gasteiger partial charge in [0.1, 0.15) is 24.4 Å². The summed E-state index contributed by atoms with van der Waals surface area (Å²) in [4.78, 5) is 13.0. The first-order chi connectivity index (χ1) is 35.8. The van der Waals surface area contributed by atoms with Crippen molar-refractivity contribution in [3.05, 3.63) is 97.2 Å². The molecule has 1 fully saturated rings. The second-order valence-electron chi connectivity index (χ2n) is 20.4. The quantitative estimate of drug-likeness (QED) is 0.0261. The van der Waals surface area contributed by atoms with Gasteiger partial charge in [-0.1, -0.05) is 259 Å². The van der Waals surface area contributed by atoms with Crippen molar-refractivity contribution < 1.29 is 39.8 Å². The molecular weight excluding hydrogens is 911 g/mol. The highest BCUT2D eigenvalue weighted by Crippen LogP contribution is 2.23. The molecule has 0 spiro atoms. The molecule has 7 atom stereocenters. The number of hydrogen-bond donors (Lipinski definition) is 6. The van der Waals surface area contributed by atoms with Crippen molar-refractivity contribution in [1.29, 1.82) is 0 Å². The van der Waals surface area contributed by atoms with Crippen molar-refractivity contribution in [2.45, 2.75) is 288 Å². The Hall–Kier alpha value is -2.89. The van der Waals surface area contributed by atoms with Crippen LogP contribution in [-0.2, 0) is 14.3 Å². The van der Waals surface area contributed by atoms with Crippen LogP contribution in [0.4, 0.5) is 0 Å². The molecule has 6 N–H and O–H groups in total. The maximum Gasteiger partial charge on any atom is 0.220 e. The number of unbranched alkanes of at least 4 members (excludes halogenated alkanes) is 26. The fourth-order valence-electron chi connectivity index (χ4n) is 8.96. The molecule has 1 rings (SSSR count). The maximum absolute atomic E-state index is 13.0. The molecular formula is C64H111NO8. The average Bonchev–Trinajstić information content (AvgIpc) is 3.39. The molecule has 9 nitrogen and oxygen atoms in total. The van der Waals surface area contributed by atoms with Crippen LogP contribution in [0.15, 0.2) is 97.2 Å². The van der Waals surface area contributed by atoms with E-state index in [0.29, 0.717) is 6.42 Å².